The Morgan fingerprint density at radius 3 is 2.73 bits per heavy atom. The van der Waals surface area contributed by atoms with Crippen LogP contribution in [0.1, 0.15) is 25.0 Å². The van der Waals surface area contributed by atoms with Gasteiger partial charge in [0.25, 0.3) is 0 Å². The molecular formula is C11H13NO3. The number of hydrogen-bond acceptors (Lipinski definition) is 3. The third-order valence-corrected chi connectivity index (χ3v) is 2.48. The molecule has 0 atom stereocenters. The number of fused-ring (bicyclic) bond motifs is 1. The van der Waals surface area contributed by atoms with Crippen molar-refractivity contribution in [3.05, 3.63) is 33.4 Å². The van der Waals surface area contributed by atoms with Crippen molar-refractivity contribution in [1.29, 1.82) is 0 Å². The average Bonchev–Trinajstić information content (AvgIpc) is 2.36. The maximum Gasteiger partial charge on any atom is 0.311 e. The first-order chi connectivity index (χ1) is 6.89. The quantitative estimate of drug-likeness (QED) is 0.525. The predicted octanol–water partition coefficient (Wildman–Crippen LogP) is 2.62. The Kier molecular flexibility index (Phi) is 1.96. The van der Waals surface area contributed by atoms with Crippen LogP contribution >= 0.6 is 0 Å². The Hall–Kier alpha value is -1.58. The van der Waals surface area contributed by atoms with Gasteiger partial charge in [-0.25, -0.2) is 0 Å². The smallest absolute Gasteiger partial charge is 0.311 e. The number of aryl methyl sites for hydroxylation is 1. The highest BCUT2D eigenvalue weighted by Gasteiger charge is 2.35. The van der Waals surface area contributed by atoms with E-state index in [1.54, 1.807) is 6.07 Å². The molecule has 0 fully saturated rings. The fourth-order valence-electron chi connectivity index (χ4n) is 1.98. The Morgan fingerprint density at radius 1 is 1.47 bits per heavy atom. The molecule has 0 saturated carbocycles. The lowest BCUT2D eigenvalue weighted by molar-refractivity contribution is -0.386. The van der Waals surface area contributed by atoms with Crippen molar-refractivity contribution in [2.75, 3.05) is 0 Å². The van der Waals surface area contributed by atoms with Crippen LogP contribution < -0.4 is 4.74 Å². The second-order valence-electron chi connectivity index (χ2n) is 4.57. The summed E-state index contributed by atoms with van der Waals surface area (Å²) in [6.45, 7) is 5.73. The van der Waals surface area contributed by atoms with E-state index >= 15 is 0 Å². The van der Waals surface area contributed by atoms with Gasteiger partial charge < -0.3 is 4.74 Å². The summed E-state index contributed by atoms with van der Waals surface area (Å²) in [6, 6.07) is 3.51. The molecule has 0 amide bonds. The topological polar surface area (TPSA) is 52.4 Å². The molecule has 0 unspecified atom stereocenters. The fourth-order valence-corrected chi connectivity index (χ4v) is 1.98. The van der Waals surface area contributed by atoms with Crippen LogP contribution in [-0.2, 0) is 6.42 Å². The van der Waals surface area contributed by atoms with Crippen LogP contribution in [0.25, 0.3) is 0 Å². The van der Waals surface area contributed by atoms with Crippen molar-refractivity contribution in [2.24, 2.45) is 0 Å². The van der Waals surface area contributed by atoms with E-state index in [4.69, 9.17) is 4.74 Å². The minimum atomic E-state index is -0.382. The molecule has 80 valence electrons. The van der Waals surface area contributed by atoms with Gasteiger partial charge in [-0.3, -0.25) is 10.1 Å². The second-order valence-corrected chi connectivity index (χ2v) is 4.57. The summed E-state index contributed by atoms with van der Waals surface area (Å²) in [5, 5.41) is 10.8. The Balaban J connectivity index is 2.58. The minimum absolute atomic E-state index is 0.0792. The summed E-state index contributed by atoms with van der Waals surface area (Å²) in [6.07, 6.45) is 0.727. The van der Waals surface area contributed by atoms with E-state index in [2.05, 4.69) is 0 Å². The van der Waals surface area contributed by atoms with Crippen LogP contribution in [0.5, 0.6) is 5.75 Å². The van der Waals surface area contributed by atoms with Crippen molar-refractivity contribution in [1.82, 2.24) is 0 Å². The van der Waals surface area contributed by atoms with E-state index < -0.39 is 0 Å². The summed E-state index contributed by atoms with van der Waals surface area (Å²) in [4.78, 5) is 10.5. The normalized spacial score (nSPS) is 17.0. The van der Waals surface area contributed by atoms with Crippen LogP contribution in [-0.4, -0.2) is 10.5 Å². The maximum atomic E-state index is 10.8. The predicted molar refractivity (Wildman–Crippen MR) is 56.2 cm³/mol. The molecule has 0 bridgehead atoms. The van der Waals surface area contributed by atoms with Gasteiger partial charge in [0.2, 0.25) is 5.75 Å². The zero-order chi connectivity index (χ0) is 11.2. The van der Waals surface area contributed by atoms with Gasteiger partial charge in [0, 0.05) is 18.1 Å². The lowest BCUT2D eigenvalue weighted by Gasteiger charge is -2.16. The number of hydrogen-bond donors (Lipinski definition) is 0. The highest BCUT2D eigenvalue weighted by Crippen LogP contribution is 2.42. The molecule has 4 nitrogen and oxygen atoms in total. The second kappa shape index (κ2) is 2.95. The summed E-state index contributed by atoms with van der Waals surface area (Å²) in [5.74, 6) is 0.440. The molecule has 1 aliphatic heterocycles. The molecule has 4 heteroatoms. The van der Waals surface area contributed by atoms with E-state index in [-0.39, 0.29) is 16.2 Å². The fraction of sp³-hybridized carbons (Fsp3) is 0.455. The van der Waals surface area contributed by atoms with Gasteiger partial charge in [-0.05, 0) is 26.3 Å². The summed E-state index contributed by atoms with van der Waals surface area (Å²) in [5.41, 5.74) is 1.59. The number of nitro benzene ring substituents is 1. The van der Waals surface area contributed by atoms with Crippen molar-refractivity contribution in [3.8, 4) is 5.75 Å². The van der Waals surface area contributed by atoms with Crippen molar-refractivity contribution < 1.29 is 9.66 Å². The van der Waals surface area contributed by atoms with Gasteiger partial charge in [-0.1, -0.05) is 6.07 Å². The van der Waals surface area contributed by atoms with Crippen molar-refractivity contribution >= 4 is 5.69 Å². The molecule has 0 aliphatic carbocycles. The average molecular weight is 207 g/mol. The highest BCUT2D eigenvalue weighted by atomic mass is 16.6. The Labute approximate surface area is 88.0 Å². The van der Waals surface area contributed by atoms with Gasteiger partial charge in [-0.2, -0.15) is 0 Å². The van der Waals surface area contributed by atoms with Crippen molar-refractivity contribution in [2.45, 2.75) is 32.8 Å². The zero-order valence-electron chi connectivity index (χ0n) is 9.03. The number of benzene rings is 1. The van der Waals surface area contributed by atoms with Crippen molar-refractivity contribution in [3.63, 3.8) is 0 Å². The SMILES string of the molecule is Cc1cc2c(c([N+](=O)[O-])c1)OC(C)(C)C2. The van der Waals surface area contributed by atoms with E-state index in [9.17, 15) is 10.1 Å². The van der Waals surface area contributed by atoms with Gasteiger partial charge in [0.1, 0.15) is 5.60 Å². The highest BCUT2D eigenvalue weighted by molar-refractivity contribution is 5.56. The van der Waals surface area contributed by atoms with Crippen LogP contribution in [0.3, 0.4) is 0 Å². The molecule has 0 aromatic heterocycles. The molecule has 0 spiro atoms. The van der Waals surface area contributed by atoms with Gasteiger partial charge in [0.15, 0.2) is 0 Å². The van der Waals surface area contributed by atoms with Crippen LogP contribution in [0.2, 0.25) is 0 Å². The summed E-state index contributed by atoms with van der Waals surface area (Å²) in [7, 11) is 0. The first kappa shape index (κ1) is 9.96. The molecule has 0 saturated heterocycles. The zero-order valence-corrected chi connectivity index (χ0v) is 9.03. The van der Waals surface area contributed by atoms with E-state index in [0.717, 1.165) is 17.5 Å². The monoisotopic (exact) mass is 207 g/mol. The third kappa shape index (κ3) is 1.67. The van der Waals surface area contributed by atoms with Crippen LogP contribution in [0, 0.1) is 17.0 Å². The number of nitrogens with zero attached hydrogens (tertiary/aromatic N) is 1. The van der Waals surface area contributed by atoms with Gasteiger partial charge in [0.05, 0.1) is 4.92 Å². The van der Waals surface area contributed by atoms with E-state index in [0.29, 0.717) is 5.75 Å². The molecular weight excluding hydrogens is 194 g/mol. The lowest BCUT2D eigenvalue weighted by atomic mass is 10.00. The first-order valence-corrected chi connectivity index (χ1v) is 4.86. The molecule has 1 aromatic rings. The minimum Gasteiger partial charge on any atom is -0.480 e. The maximum absolute atomic E-state index is 10.8. The Bertz CT molecular complexity index is 438. The molecule has 2 rings (SSSR count). The molecule has 0 N–H and O–H groups in total. The van der Waals surface area contributed by atoms with Crippen LogP contribution in [0.15, 0.2) is 12.1 Å². The third-order valence-electron chi connectivity index (χ3n) is 2.48. The molecule has 1 aliphatic rings. The summed E-state index contributed by atoms with van der Waals surface area (Å²) >= 11 is 0. The molecule has 0 radical (unpaired) electrons. The first-order valence-electron chi connectivity index (χ1n) is 4.86. The molecule has 1 aromatic carbocycles. The molecule has 1 heterocycles. The van der Waals surface area contributed by atoms with Gasteiger partial charge >= 0.3 is 5.69 Å². The Morgan fingerprint density at radius 2 is 2.13 bits per heavy atom. The van der Waals surface area contributed by atoms with E-state index in [1.165, 1.54) is 0 Å². The number of rotatable bonds is 1. The molecule has 15 heavy (non-hydrogen) atoms. The number of ether oxygens (including phenoxy) is 1. The van der Waals surface area contributed by atoms with Crippen LogP contribution in [0.4, 0.5) is 5.69 Å². The van der Waals surface area contributed by atoms with E-state index in [1.807, 2.05) is 26.8 Å². The standard InChI is InChI=1S/C11H13NO3/c1-7-4-8-6-11(2,3)15-10(8)9(5-7)12(13)14/h4-5H,6H2,1-3H3. The largest absolute Gasteiger partial charge is 0.480 e. The number of nitro groups is 1. The summed E-state index contributed by atoms with van der Waals surface area (Å²) < 4.78 is 5.60. The van der Waals surface area contributed by atoms with Gasteiger partial charge in [-0.15, -0.1) is 0 Å². The lowest BCUT2D eigenvalue weighted by Crippen LogP contribution is -2.24.